The van der Waals surface area contributed by atoms with Gasteiger partial charge in [0.1, 0.15) is 0 Å². The van der Waals surface area contributed by atoms with E-state index in [0.717, 1.165) is 0 Å². The van der Waals surface area contributed by atoms with Gasteiger partial charge in [-0.15, -0.1) is 0 Å². The molecular weight excluding hydrogens is 246 g/mol. The van der Waals surface area contributed by atoms with Crippen LogP contribution in [0, 0.1) is 5.41 Å². The summed E-state index contributed by atoms with van der Waals surface area (Å²) in [4.78, 5) is 36.1. The van der Waals surface area contributed by atoms with Crippen molar-refractivity contribution in [3.8, 4) is 0 Å². The zero-order valence-corrected chi connectivity index (χ0v) is 10.8. The quantitative estimate of drug-likeness (QED) is 0.679. The molecule has 0 saturated heterocycles. The largest absolute Gasteiger partial charge is 0.369 e. The summed E-state index contributed by atoms with van der Waals surface area (Å²) in [5.74, 6) is -0.852. The summed E-state index contributed by atoms with van der Waals surface area (Å²) in [7, 11) is 0. The molecule has 1 aliphatic heterocycles. The summed E-state index contributed by atoms with van der Waals surface area (Å²) >= 11 is 0. The minimum atomic E-state index is -0.565. The molecule has 6 heteroatoms. The zero-order chi connectivity index (χ0) is 14.0. The van der Waals surface area contributed by atoms with Crippen LogP contribution in [-0.2, 0) is 14.4 Å². The topological polar surface area (TPSA) is 106 Å². The van der Waals surface area contributed by atoms with Gasteiger partial charge in [0.2, 0.25) is 5.91 Å². The molecule has 1 fully saturated rings. The maximum Gasteiger partial charge on any atom is 0.253 e. The molecule has 6 nitrogen and oxygen atoms in total. The van der Waals surface area contributed by atoms with E-state index < -0.39 is 5.41 Å². The Labute approximate surface area is 111 Å². The van der Waals surface area contributed by atoms with Gasteiger partial charge in [0.05, 0.1) is 5.41 Å². The first-order chi connectivity index (χ1) is 9.00. The minimum Gasteiger partial charge on any atom is -0.369 e. The van der Waals surface area contributed by atoms with E-state index in [1.807, 2.05) is 0 Å². The second-order valence-electron chi connectivity index (χ2n) is 5.29. The van der Waals surface area contributed by atoms with Gasteiger partial charge in [0, 0.05) is 18.2 Å². The molecule has 1 heterocycles. The summed E-state index contributed by atoms with van der Waals surface area (Å²) in [6, 6.07) is -0.125. The fourth-order valence-electron chi connectivity index (χ4n) is 3.08. The van der Waals surface area contributed by atoms with Gasteiger partial charge >= 0.3 is 0 Å². The normalized spacial score (nSPS) is 31.0. The lowest BCUT2D eigenvalue weighted by atomic mass is 9.69. The molecule has 2 rings (SSSR count). The van der Waals surface area contributed by atoms with E-state index in [2.05, 4.69) is 0 Å². The van der Waals surface area contributed by atoms with Crippen LogP contribution in [0.2, 0.25) is 0 Å². The van der Waals surface area contributed by atoms with Crippen molar-refractivity contribution >= 4 is 17.7 Å². The van der Waals surface area contributed by atoms with Crippen molar-refractivity contribution in [2.45, 2.75) is 38.1 Å². The van der Waals surface area contributed by atoms with Gasteiger partial charge < -0.3 is 11.5 Å². The van der Waals surface area contributed by atoms with Crippen LogP contribution in [0.5, 0.6) is 0 Å². The summed E-state index contributed by atoms with van der Waals surface area (Å²) in [5.41, 5.74) is 10.5. The zero-order valence-electron chi connectivity index (χ0n) is 10.8. The van der Waals surface area contributed by atoms with Gasteiger partial charge in [0.25, 0.3) is 11.8 Å². The number of imide groups is 1. The third kappa shape index (κ3) is 2.40. The number of primary amides is 1. The molecule has 3 amide bonds. The predicted octanol–water partition coefficient (Wildman–Crippen LogP) is -0.325. The van der Waals surface area contributed by atoms with Crippen molar-refractivity contribution < 1.29 is 14.4 Å². The molecular formula is C13H19N3O3. The molecule has 19 heavy (non-hydrogen) atoms. The van der Waals surface area contributed by atoms with E-state index in [0.29, 0.717) is 38.6 Å². The van der Waals surface area contributed by atoms with Gasteiger partial charge in [-0.25, -0.2) is 0 Å². The number of hydrogen-bond donors (Lipinski definition) is 2. The highest BCUT2D eigenvalue weighted by molar-refractivity contribution is 6.13. The molecule has 0 bridgehead atoms. The van der Waals surface area contributed by atoms with Crippen molar-refractivity contribution in [3.63, 3.8) is 0 Å². The standard InChI is InChI=1S/C13H19N3O3/c14-8-7-13(12(15)19)5-3-9(4-6-13)16-10(17)1-2-11(16)18/h1-2,9H,3-8,14H2,(H2,15,19). The second kappa shape index (κ2) is 5.13. The summed E-state index contributed by atoms with van der Waals surface area (Å²) in [6.45, 7) is 0.413. The number of nitrogens with two attached hydrogens (primary N) is 2. The first kappa shape index (κ1) is 13.7. The lowest BCUT2D eigenvalue weighted by Gasteiger charge is -2.40. The Balaban J connectivity index is 2.04. The van der Waals surface area contributed by atoms with Gasteiger partial charge in [-0.05, 0) is 38.6 Å². The third-order valence-corrected chi connectivity index (χ3v) is 4.27. The molecule has 4 N–H and O–H groups in total. The molecule has 0 aromatic rings. The van der Waals surface area contributed by atoms with Gasteiger partial charge in [-0.2, -0.15) is 0 Å². The van der Waals surface area contributed by atoms with Crippen molar-refractivity contribution in [3.05, 3.63) is 12.2 Å². The molecule has 0 aromatic carbocycles. The van der Waals surface area contributed by atoms with E-state index in [1.54, 1.807) is 0 Å². The Kier molecular flexibility index (Phi) is 3.71. The van der Waals surface area contributed by atoms with Crippen molar-refractivity contribution in [1.29, 1.82) is 0 Å². The smallest absolute Gasteiger partial charge is 0.253 e. The van der Waals surface area contributed by atoms with Crippen LogP contribution >= 0.6 is 0 Å². The summed E-state index contributed by atoms with van der Waals surface area (Å²) in [6.07, 6.45) is 5.54. The molecule has 0 aromatic heterocycles. The third-order valence-electron chi connectivity index (χ3n) is 4.27. The number of rotatable bonds is 4. The highest BCUT2D eigenvalue weighted by Crippen LogP contribution is 2.40. The summed E-state index contributed by atoms with van der Waals surface area (Å²) in [5, 5.41) is 0. The molecule has 0 atom stereocenters. The molecule has 0 spiro atoms. The van der Waals surface area contributed by atoms with Crippen molar-refractivity contribution in [1.82, 2.24) is 4.90 Å². The van der Waals surface area contributed by atoms with Crippen LogP contribution in [0.15, 0.2) is 12.2 Å². The van der Waals surface area contributed by atoms with Crippen LogP contribution in [0.1, 0.15) is 32.1 Å². The number of carbonyl (C=O) groups excluding carboxylic acids is 3. The van der Waals surface area contributed by atoms with Crippen LogP contribution in [0.3, 0.4) is 0 Å². The minimum absolute atomic E-state index is 0.125. The number of amides is 3. The molecule has 1 saturated carbocycles. The fraction of sp³-hybridized carbons (Fsp3) is 0.615. The van der Waals surface area contributed by atoms with Gasteiger partial charge in [0.15, 0.2) is 0 Å². The second-order valence-corrected chi connectivity index (χ2v) is 5.29. The van der Waals surface area contributed by atoms with Crippen LogP contribution in [0.25, 0.3) is 0 Å². The number of carbonyl (C=O) groups is 3. The Morgan fingerprint density at radius 1 is 1.26 bits per heavy atom. The first-order valence-corrected chi connectivity index (χ1v) is 6.55. The van der Waals surface area contributed by atoms with Crippen LogP contribution in [-0.4, -0.2) is 35.2 Å². The SMILES string of the molecule is NCCC1(C(N)=O)CCC(N2C(=O)C=CC2=O)CC1. The highest BCUT2D eigenvalue weighted by Gasteiger charge is 2.43. The maximum atomic E-state index is 11.6. The Morgan fingerprint density at radius 3 is 2.21 bits per heavy atom. The molecule has 0 unspecified atom stereocenters. The van der Waals surface area contributed by atoms with Gasteiger partial charge in [-0.3, -0.25) is 19.3 Å². The molecule has 1 aliphatic carbocycles. The van der Waals surface area contributed by atoms with E-state index in [4.69, 9.17) is 11.5 Å². The Morgan fingerprint density at radius 2 is 1.79 bits per heavy atom. The molecule has 0 radical (unpaired) electrons. The number of nitrogens with zero attached hydrogens (tertiary/aromatic N) is 1. The molecule has 2 aliphatic rings. The van der Waals surface area contributed by atoms with E-state index >= 15 is 0 Å². The van der Waals surface area contributed by atoms with E-state index in [-0.39, 0.29) is 23.8 Å². The van der Waals surface area contributed by atoms with Crippen LogP contribution in [0.4, 0.5) is 0 Å². The van der Waals surface area contributed by atoms with Crippen LogP contribution < -0.4 is 11.5 Å². The lowest BCUT2D eigenvalue weighted by molar-refractivity contribution is -0.141. The van der Waals surface area contributed by atoms with E-state index in [1.165, 1.54) is 17.1 Å². The highest BCUT2D eigenvalue weighted by atomic mass is 16.2. The monoisotopic (exact) mass is 265 g/mol. The van der Waals surface area contributed by atoms with Crippen molar-refractivity contribution in [2.75, 3.05) is 6.54 Å². The lowest BCUT2D eigenvalue weighted by Crippen LogP contribution is -2.48. The van der Waals surface area contributed by atoms with E-state index in [9.17, 15) is 14.4 Å². The summed E-state index contributed by atoms with van der Waals surface area (Å²) < 4.78 is 0. The Bertz CT molecular complexity index is 418. The average Bonchev–Trinajstić information content (AvgIpc) is 2.70. The van der Waals surface area contributed by atoms with Crippen molar-refractivity contribution in [2.24, 2.45) is 16.9 Å². The predicted molar refractivity (Wildman–Crippen MR) is 68.5 cm³/mol. The molecule has 104 valence electrons. The maximum absolute atomic E-state index is 11.6. The first-order valence-electron chi connectivity index (χ1n) is 6.55. The average molecular weight is 265 g/mol. The fourth-order valence-corrected chi connectivity index (χ4v) is 3.08. The van der Waals surface area contributed by atoms with Gasteiger partial charge in [-0.1, -0.05) is 0 Å². The Hall–Kier alpha value is -1.69. The number of hydrogen-bond acceptors (Lipinski definition) is 4.